The van der Waals surface area contributed by atoms with Crippen LogP contribution in [-0.4, -0.2) is 36.0 Å². The molecule has 1 aliphatic rings. The van der Waals surface area contributed by atoms with Gasteiger partial charge in [0.05, 0.1) is 5.56 Å². The van der Waals surface area contributed by atoms with Crippen molar-refractivity contribution in [2.75, 3.05) is 13.1 Å². The Balaban J connectivity index is 2.18. The first kappa shape index (κ1) is 11.9. The van der Waals surface area contributed by atoms with Gasteiger partial charge in [0.1, 0.15) is 6.26 Å². The van der Waals surface area contributed by atoms with E-state index in [-0.39, 0.29) is 18.0 Å². The monoisotopic (exact) mass is 236 g/mol. The third-order valence-corrected chi connectivity index (χ3v) is 2.97. The third-order valence-electron chi connectivity index (χ3n) is 2.97. The Morgan fingerprint density at radius 3 is 2.88 bits per heavy atom. The van der Waals surface area contributed by atoms with Crippen LogP contribution < -0.4 is 10.9 Å². The number of carbonyl (C=O) groups excluding carboxylic acids is 1. The van der Waals surface area contributed by atoms with Crippen LogP contribution >= 0.6 is 0 Å². The largest absolute Gasteiger partial charge is 0.430 e. The van der Waals surface area contributed by atoms with Crippen molar-refractivity contribution in [3.8, 4) is 0 Å². The fourth-order valence-corrected chi connectivity index (χ4v) is 1.95. The number of carbonyl (C=O) groups is 1. The number of nitrogens with zero attached hydrogens (tertiary/aromatic N) is 1. The Labute approximate surface area is 99.4 Å². The molecule has 0 aromatic carbocycles. The molecule has 1 amide bonds. The molecule has 1 N–H and O–H groups in total. The SMILES string of the molecule is CC1CN(C(=O)c2ccc(=O)oc2)C(C)CN1. The Hall–Kier alpha value is -1.62. The van der Waals surface area contributed by atoms with E-state index in [2.05, 4.69) is 5.32 Å². The number of amides is 1. The van der Waals surface area contributed by atoms with Crippen LogP contribution in [0.1, 0.15) is 24.2 Å². The second-order valence-corrected chi connectivity index (χ2v) is 4.46. The summed E-state index contributed by atoms with van der Waals surface area (Å²) in [5, 5.41) is 3.31. The highest BCUT2D eigenvalue weighted by atomic mass is 16.4. The molecule has 1 aromatic heterocycles. The number of hydrogen-bond donors (Lipinski definition) is 1. The first-order chi connectivity index (χ1) is 8.08. The van der Waals surface area contributed by atoms with E-state index in [9.17, 15) is 9.59 Å². The lowest BCUT2D eigenvalue weighted by atomic mass is 10.1. The highest BCUT2D eigenvalue weighted by Crippen LogP contribution is 2.11. The van der Waals surface area contributed by atoms with Crippen molar-refractivity contribution in [2.24, 2.45) is 0 Å². The van der Waals surface area contributed by atoms with Crippen molar-refractivity contribution >= 4 is 5.91 Å². The highest BCUT2D eigenvalue weighted by molar-refractivity contribution is 5.94. The molecule has 17 heavy (non-hydrogen) atoms. The van der Waals surface area contributed by atoms with Crippen LogP contribution in [0.5, 0.6) is 0 Å². The van der Waals surface area contributed by atoms with Crippen LogP contribution in [0, 0.1) is 0 Å². The summed E-state index contributed by atoms with van der Waals surface area (Å²) in [5.41, 5.74) is -0.0196. The van der Waals surface area contributed by atoms with E-state index in [4.69, 9.17) is 4.42 Å². The maximum Gasteiger partial charge on any atom is 0.335 e. The lowest BCUT2D eigenvalue weighted by Crippen LogP contribution is -2.56. The normalized spacial score (nSPS) is 24.7. The summed E-state index contributed by atoms with van der Waals surface area (Å²) < 4.78 is 4.71. The first-order valence-electron chi connectivity index (χ1n) is 5.71. The fourth-order valence-electron chi connectivity index (χ4n) is 1.95. The third kappa shape index (κ3) is 2.55. The van der Waals surface area contributed by atoms with Gasteiger partial charge in [-0.3, -0.25) is 4.79 Å². The predicted octanol–water partition coefficient (Wildman–Crippen LogP) is 0.462. The first-order valence-corrected chi connectivity index (χ1v) is 5.71. The summed E-state index contributed by atoms with van der Waals surface area (Å²) in [6.45, 7) is 5.48. The van der Waals surface area contributed by atoms with E-state index in [1.165, 1.54) is 18.4 Å². The van der Waals surface area contributed by atoms with Gasteiger partial charge in [-0.15, -0.1) is 0 Å². The number of piperazine rings is 1. The van der Waals surface area contributed by atoms with Crippen molar-refractivity contribution in [1.29, 1.82) is 0 Å². The van der Waals surface area contributed by atoms with Gasteiger partial charge in [-0.05, 0) is 19.9 Å². The average Bonchev–Trinajstić information content (AvgIpc) is 2.32. The number of rotatable bonds is 1. The van der Waals surface area contributed by atoms with Gasteiger partial charge in [0, 0.05) is 31.2 Å². The molecule has 1 aliphatic heterocycles. The van der Waals surface area contributed by atoms with Crippen LogP contribution in [0.2, 0.25) is 0 Å². The molecule has 1 fully saturated rings. The van der Waals surface area contributed by atoms with E-state index in [1.54, 1.807) is 4.90 Å². The van der Waals surface area contributed by atoms with Crippen molar-refractivity contribution in [2.45, 2.75) is 25.9 Å². The Morgan fingerprint density at radius 2 is 2.24 bits per heavy atom. The van der Waals surface area contributed by atoms with Crippen molar-refractivity contribution < 1.29 is 9.21 Å². The minimum atomic E-state index is -0.441. The van der Waals surface area contributed by atoms with Crippen LogP contribution in [-0.2, 0) is 0 Å². The molecule has 5 nitrogen and oxygen atoms in total. The van der Waals surface area contributed by atoms with Crippen LogP contribution in [0.25, 0.3) is 0 Å². The van der Waals surface area contributed by atoms with Gasteiger partial charge in [0.15, 0.2) is 0 Å². The van der Waals surface area contributed by atoms with Gasteiger partial charge in [-0.1, -0.05) is 0 Å². The molecule has 5 heteroatoms. The van der Waals surface area contributed by atoms with Crippen LogP contribution in [0.15, 0.2) is 27.6 Å². The maximum absolute atomic E-state index is 12.2. The van der Waals surface area contributed by atoms with Crippen molar-refractivity contribution in [3.05, 3.63) is 34.4 Å². The Bertz CT molecular complexity index is 449. The Morgan fingerprint density at radius 1 is 1.47 bits per heavy atom. The second kappa shape index (κ2) is 4.71. The minimum Gasteiger partial charge on any atom is -0.430 e. The smallest absolute Gasteiger partial charge is 0.335 e. The average molecular weight is 236 g/mol. The molecule has 92 valence electrons. The molecule has 1 saturated heterocycles. The van der Waals surface area contributed by atoms with Gasteiger partial charge in [-0.2, -0.15) is 0 Å². The molecule has 0 spiro atoms. The molecule has 2 unspecified atom stereocenters. The van der Waals surface area contributed by atoms with E-state index in [0.29, 0.717) is 12.1 Å². The molecule has 0 bridgehead atoms. The van der Waals surface area contributed by atoms with Crippen LogP contribution in [0.3, 0.4) is 0 Å². The van der Waals surface area contributed by atoms with Gasteiger partial charge in [0.25, 0.3) is 5.91 Å². The molecule has 0 saturated carbocycles. The van der Waals surface area contributed by atoms with Gasteiger partial charge in [0.2, 0.25) is 0 Å². The summed E-state index contributed by atoms with van der Waals surface area (Å²) in [7, 11) is 0. The molecule has 0 aliphatic carbocycles. The summed E-state index contributed by atoms with van der Waals surface area (Å²) in [5.74, 6) is -0.0883. The quantitative estimate of drug-likeness (QED) is 0.769. The zero-order valence-corrected chi connectivity index (χ0v) is 9.97. The topological polar surface area (TPSA) is 62.6 Å². The summed E-state index contributed by atoms with van der Waals surface area (Å²) in [6.07, 6.45) is 1.23. The fraction of sp³-hybridized carbons (Fsp3) is 0.500. The second-order valence-electron chi connectivity index (χ2n) is 4.46. The van der Waals surface area contributed by atoms with E-state index >= 15 is 0 Å². The number of nitrogens with one attached hydrogen (secondary N) is 1. The molecule has 2 heterocycles. The zero-order chi connectivity index (χ0) is 12.4. The summed E-state index contributed by atoms with van der Waals surface area (Å²) in [4.78, 5) is 24.8. The van der Waals surface area contributed by atoms with Crippen LogP contribution in [0.4, 0.5) is 0 Å². The highest BCUT2D eigenvalue weighted by Gasteiger charge is 2.27. The molecular formula is C12H16N2O3. The zero-order valence-electron chi connectivity index (χ0n) is 9.97. The summed E-state index contributed by atoms with van der Waals surface area (Å²) in [6, 6.07) is 3.20. The molecule has 1 aromatic rings. The van der Waals surface area contributed by atoms with Crippen molar-refractivity contribution in [3.63, 3.8) is 0 Å². The molecule has 2 rings (SSSR count). The minimum absolute atomic E-state index is 0.0883. The molecule has 2 atom stereocenters. The lowest BCUT2D eigenvalue weighted by molar-refractivity contribution is 0.0613. The van der Waals surface area contributed by atoms with Gasteiger partial charge in [-0.25, -0.2) is 4.79 Å². The lowest BCUT2D eigenvalue weighted by Gasteiger charge is -2.37. The molecular weight excluding hydrogens is 220 g/mol. The van der Waals surface area contributed by atoms with E-state index < -0.39 is 5.63 Å². The standard InChI is InChI=1S/C12H16N2O3/c1-8-6-14(9(2)5-13-8)12(16)10-3-4-11(15)17-7-10/h3-4,7-9,13H,5-6H2,1-2H3. The number of hydrogen-bond acceptors (Lipinski definition) is 4. The van der Waals surface area contributed by atoms with Crippen molar-refractivity contribution in [1.82, 2.24) is 10.2 Å². The predicted molar refractivity (Wildman–Crippen MR) is 62.9 cm³/mol. The van der Waals surface area contributed by atoms with E-state index in [0.717, 1.165) is 6.54 Å². The molecule has 0 radical (unpaired) electrons. The maximum atomic E-state index is 12.2. The Kier molecular flexibility index (Phi) is 3.28. The summed E-state index contributed by atoms with van der Waals surface area (Å²) >= 11 is 0. The van der Waals surface area contributed by atoms with Gasteiger partial charge < -0.3 is 14.6 Å². The van der Waals surface area contributed by atoms with Gasteiger partial charge >= 0.3 is 5.63 Å². The van der Waals surface area contributed by atoms with E-state index in [1.807, 2.05) is 13.8 Å².